The number of nitrogens with one attached hydrogen (secondary N) is 1. The standard InChI is InChI=1S/C15H23F3N2O4/c1-9(14(23)24)20(7-6-19-10(2)21)13(22)11-4-3-5-12(8-11)15(16,17)18/h9,11-12H,3-8H2,1-2H3,(H,19,21)(H,23,24). The molecule has 1 rings (SSSR count). The number of nitrogens with zero attached hydrogens (tertiary/aromatic N) is 1. The maximum Gasteiger partial charge on any atom is 0.391 e. The number of alkyl halides is 3. The Hall–Kier alpha value is -1.80. The van der Waals surface area contributed by atoms with Crippen LogP contribution >= 0.6 is 0 Å². The number of carboxylic acid groups (broad SMARTS) is 1. The molecular formula is C15H23F3N2O4. The van der Waals surface area contributed by atoms with Crippen LogP contribution in [0.25, 0.3) is 0 Å². The van der Waals surface area contributed by atoms with Crippen molar-refractivity contribution in [2.24, 2.45) is 11.8 Å². The number of carbonyl (C=O) groups is 3. The Bertz CT molecular complexity index is 482. The lowest BCUT2D eigenvalue weighted by Gasteiger charge is -2.35. The summed E-state index contributed by atoms with van der Waals surface area (Å²) >= 11 is 0. The number of rotatable bonds is 6. The van der Waals surface area contributed by atoms with Crippen molar-refractivity contribution in [2.75, 3.05) is 13.1 Å². The van der Waals surface area contributed by atoms with Crippen molar-refractivity contribution in [3.05, 3.63) is 0 Å². The van der Waals surface area contributed by atoms with Crippen LogP contribution in [0.5, 0.6) is 0 Å². The molecule has 9 heteroatoms. The first kappa shape index (κ1) is 20.2. The summed E-state index contributed by atoms with van der Waals surface area (Å²) in [5, 5.41) is 11.6. The molecule has 1 saturated carbocycles. The summed E-state index contributed by atoms with van der Waals surface area (Å²) in [5.41, 5.74) is 0. The first-order chi connectivity index (χ1) is 11.0. The van der Waals surface area contributed by atoms with Gasteiger partial charge in [0.05, 0.1) is 5.92 Å². The summed E-state index contributed by atoms with van der Waals surface area (Å²) < 4.78 is 38.7. The minimum Gasteiger partial charge on any atom is -0.480 e. The normalized spacial score (nSPS) is 22.5. The molecule has 2 N–H and O–H groups in total. The van der Waals surface area contributed by atoms with Crippen LogP contribution in [0.2, 0.25) is 0 Å². The van der Waals surface area contributed by atoms with E-state index in [1.165, 1.54) is 13.8 Å². The van der Waals surface area contributed by atoms with Gasteiger partial charge in [-0.15, -0.1) is 0 Å². The highest BCUT2D eigenvalue weighted by molar-refractivity contribution is 5.85. The van der Waals surface area contributed by atoms with Crippen LogP contribution < -0.4 is 5.32 Å². The van der Waals surface area contributed by atoms with Gasteiger partial charge in [-0.25, -0.2) is 4.79 Å². The predicted molar refractivity (Wildman–Crippen MR) is 79.0 cm³/mol. The third kappa shape index (κ3) is 5.68. The van der Waals surface area contributed by atoms with E-state index in [-0.39, 0.29) is 38.3 Å². The number of halogens is 3. The zero-order chi connectivity index (χ0) is 18.5. The zero-order valence-electron chi connectivity index (χ0n) is 13.7. The molecular weight excluding hydrogens is 329 g/mol. The Balaban J connectivity index is 2.82. The maximum absolute atomic E-state index is 12.9. The molecule has 24 heavy (non-hydrogen) atoms. The first-order valence-electron chi connectivity index (χ1n) is 7.88. The largest absolute Gasteiger partial charge is 0.480 e. The van der Waals surface area contributed by atoms with Gasteiger partial charge in [-0.2, -0.15) is 13.2 Å². The van der Waals surface area contributed by atoms with Gasteiger partial charge in [-0.3, -0.25) is 9.59 Å². The van der Waals surface area contributed by atoms with E-state index in [0.29, 0.717) is 6.42 Å². The second kappa shape index (κ2) is 8.34. The molecule has 0 heterocycles. The Morgan fingerprint density at radius 3 is 2.42 bits per heavy atom. The smallest absolute Gasteiger partial charge is 0.391 e. The Morgan fingerprint density at radius 1 is 1.29 bits per heavy atom. The van der Waals surface area contributed by atoms with Crippen LogP contribution in [0.3, 0.4) is 0 Å². The molecule has 3 unspecified atom stereocenters. The number of aliphatic carboxylic acids is 1. The summed E-state index contributed by atoms with van der Waals surface area (Å²) in [4.78, 5) is 35.7. The van der Waals surface area contributed by atoms with Crippen LogP contribution in [0.1, 0.15) is 39.5 Å². The number of carbonyl (C=O) groups excluding carboxylic acids is 2. The van der Waals surface area contributed by atoms with Gasteiger partial charge in [0.25, 0.3) is 0 Å². The lowest BCUT2D eigenvalue weighted by Crippen LogP contribution is -2.50. The molecule has 0 aromatic carbocycles. The average Bonchev–Trinajstić information content (AvgIpc) is 2.49. The Kier molecular flexibility index (Phi) is 7.04. The summed E-state index contributed by atoms with van der Waals surface area (Å²) in [7, 11) is 0. The molecule has 2 amide bonds. The number of hydrogen-bond acceptors (Lipinski definition) is 3. The van der Waals surface area contributed by atoms with Crippen molar-refractivity contribution in [2.45, 2.75) is 51.7 Å². The number of carboxylic acids is 1. The predicted octanol–water partition coefficient (Wildman–Crippen LogP) is 1.79. The van der Waals surface area contributed by atoms with E-state index in [0.717, 1.165) is 4.90 Å². The van der Waals surface area contributed by atoms with E-state index in [1.54, 1.807) is 0 Å². The molecule has 0 aliphatic heterocycles. The van der Waals surface area contributed by atoms with Crippen molar-refractivity contribution in [3.8, 4) is 0 Å². The van der Waals surface area contributed by atoms with E-state index in [9.17, 15) is 27.6 Å². The van der Waals surface area contributed by atoms with E-state index < -0.39 is 35.9 Å². The number of hydrogen-bond donors (Lipinski definition) is 2. The van der Waals surface area contributed by atoms with Crippen LogP contribution in [-0.2, 0) is 14.4 Å². The van der Waals surface area contributed by atoms with E-state index in [2.05, 4.69) is 5.32 Å². The molecule has 0 spiro atoms. The van der Waals surface area contributed by atoms with Gasteiger partial charge in [-0.1, -0.05) is 6.42 Å². The Morgan fingerprint density at radius 2 is 1.92 bits per heavy atom. The third-order valence-corrected chi connectivity index (χ3v) is 4.32. The Labute approximate surface area is 138 Å². The van der Waals surface area contributed by atoms with Crippen LogP contribution in [0.15, 0.2) is 0 Å². The van der Waals surface area contributed by atoms with Gasteiger partial charge < -0.3 is 15.3 Å². The minimum absolute atomic E-state index is 0.00629. The van der Waals surface area contributed by atoms with Crippen molar-refractivity contribution in [1.82, 2.24) is 10.2 Å². The zero-order valence-corrected chi connectivity index (χ0v) is 13.7. The lowest BCUT2D eigenvalue weighted by molar-refractivity contribution is -0.187. The van der Waals surface area contributed by atoms with Crippen molar-refractivity contribution >= 4 is 17.8 Å². The quantitative estimate of drug-likeness (QED) is 0.763. The van der Waals surface area contributed by atoms with Crippen molar-refractivity contribution in [1.29, 1.82) is 0 Å². The average molecular weight is 352 g/mol. The van der Waals surface area contributed by atoms with Gasteiger partial charge >= 0.3 is 12.1 Å². The fourth-order valence-corrected chi connectivity index (χ4v) is 2.93. The molecule has 1 fully saturated rings. The van der Waals surface area contributed by atoms with E-state index in [4.69, 9.17) is 5.11 Å². The van der Waals surface area contributed by atoms with Crippen LogP contribution in [0, 0.1) is 11.8 Å². The second-order valence-electron chi connectivity index (χ2n) is 6.13. The van der Waals surface area contributed by atoms with Crippen LogP contribution in [-0.4, -0.2) is 53.1 Å². The summed E-state index contributed by atoms with van der Waals surface area (Å²) in [6, 6.07) is -1.17. The highest BCUT2D eigenvalue weighted by Crippen LogP contribution is 2.40. The van der Waals surface area contributed by atoms with Crippen molar-refractivity contribution in [3.63, 3.8) is 0 Å². The fourth-order valence-electron chi connectivity index (χ4n) is 2.93. The minimum atomic E-state index is -4.35. The highest BCUT2D eigenvalue weighted by Gasteiger charge is 2.44. The molecule has 1 aliphatic rings. The summed E-state index contributed by atoms with van der Waals surface area (Å²) in [5.74, 6) is -4.54. The molecule has 1 aliphatic carbocycles. The van der Waals surface area contributed by atoms with Crippen molar-refractivity contribution < 1.29 is 32.7 Å². The van der Waals surface area contributed by atoms with E-state index in [1.807, 2.05) is 0 Å². The molecule has 3 atom stereocenters. The van der Waals surface area contributed by atoms with Gasteiger partial charge in [0.1, 0.15) is 6.04 Å². The van der Waals surface area contributed by atoms with E-state index >= 15 is 0 Å². The number of amides is 2. The van der Waals surface area contributed by atoms with Gasteiger partial charge in [-0.05, 0) is 26.2 Å². The lowest BCUT2D eigenvalue weighted by atomic mass is 9.80. The highest BCUT2D eigenvalue weighted by atomic mass is 19.4. The summed E-state index contributed by atoms with van der Waals surface area (Å²) in [6.45, 7) is 2.58. The molecule has 6 nitrogen and oxygen atoms in total. The first-order valence-corrected chi connectivity index (χ1v) is 7.88. The van der Waals surface area contributed by atoms with Crippen LogP contribution in [0.4, 0.5) is 13.2 Å². The molecule has 138 valence electrons. The molecule has 0 saturated heterocycles. The summed E-state index contributed by atoms with van der Waals surface area (Å²) in [6.07, 6.45) is -4.08. The maximum atomic E-state index is 12.9. The van der Waals surface area contributed by atoms with Gasteiger partial charge in [0, 0.05) is 25.9 Å². The molecule has 0 aromatic heterocycles. The SMILES string of the molecule is CC(=O)NCCN(C(=O)C1CCCC(C(F)(F)F)C1)C(C)C(=O)O. The molecule has 0 radical (unpaired) electrons. The molecule has 0 bridgehead atoms. The molecule has 0 aromatic rings. The third-order valence-electron chi connectivity index (χ3n) is 4.32. The fraction of sp³-hybridized carbons (Fsp3) is 0.800. The topological polar surface area (TPSA) is 86.7 Å². The second-order valence-corrected chi connectivity index (χ2v) is 6.13. The monoisotopic (exact) mass is 352 g/mol. The van der Waals surface area contributed by atoms with Gasteiger partial charge in [0.15, 0.2) is 0 Å². The van der Waals surface area contributed by atoms with Gasteiger partial charge in [0.2, 0.25) is 11.8 Å².